The Morgan fingerprint density at radius 1 is 1.55 bits per heavy atom. The van der Waals surface area contributed by atoms with Crippen LogP contribution in [-0.4, -0.2) is 26.3 Å². The lowest BCUT2D eigenvalue weighted by Gasteiger charge is -2.26. The minimum absolute atomic E-state index is 0.357. The maximum absolute atomic E-state index is 5.12. The van der Waals surface area contributed by atoms with Crippen molar-refractivity contribution in [1.82, 2.24) is 5.32 Å². The van der Waals surface area contributed by atoms with Crippen LogP contribution in [-0.2, 0) is 4.74 Å². The zero-order valence-corrected chi connectivity index (χ0v) is 7.60. The molecule has 11 heavy (non-hydrogen) atoms. The molecule has 0 aliphatic heterocycles. The van der Waals surface area contributed by atoms with Crippen LogP contribution < -0.4 is 5.32 Å². The SMILES string of the molecule is COC(C)CNCC1CCC1. The van der Waals surface area contributed by atoms with E-state index < -0.39 is 0 Å². The Bertz CT molecular complexity index is 97.0. The number of methoxy groups -OCH3 is 1. The Morgan fingerprint density at radius 3 is 2.73 bits per heavy atom. The largest absolute Gasteiger partial charge is 0.380 e. The van der Waals surface area contributed by atoms with Crippen LogP contribution >= 0.6 is 0 Å². The van der Waals surface area contributed by atoms with Crippen molar-refractivity contribution in [2.75, 3.05) is 20.2 Å². The van der Waals surface area contributed by atoms with Crippen LogP contribution in [0.1, 0.15) is 26.2 Å². The molecule has 66 valence electrons. The molecule has 2 nitrogen and oxygen atoms in total. The van der Waals surface area contributed by atoms with Gasteiger partial charge in [0.15, 0.2) is 0 Å². The van der Waals surface area contributed by atoms with Crippen molar-refractivity contribution in [1.29, 1.82) is 0 Å². The summed E-state index contributed by atoms with van der Waals surface area (Å²) in [4.78, 5) is 0. The Hall–Kier alpha value is -0.0800. The topological polar surface area (TPSA) is 21.3 Å². The Kier molecular flexibility index (Phi) is 3.87. The molecule has 0 aromatic carbocycles. The van der Waals surface area contributed by atoms with Gasteiger partial charge in [0.2, 0.25) is 0 Å². The van der Waals surface area contributed by atoms with Crippen LogP contribution in [0, 0.1) is 5.92 Å². The highest BCUT2D eigenvalue weighted by Gasteiger charge is 2.16. The van der Waals surface area contributed by atoms with Crippen LogP contribution in [0.25, 0.3) is 0 Å². The van der Waals surface area contributed by atoms with Gasteiger partial charge in [-0.3, -0.25) is 0 Å². The van der Waals surface area contributed by atoms with Gasteiger partial charge in [-0.1, -0.05) is 6.42 Å². The first-order chi connectivity index (χ1) is 5.33. The summed E-state index contributed by atoms with van der Waals surface area (Å²) < 4.78 is 5.12. The molecule has 1 aliphatic carbocycles. The molecule has 0 heterocycles. The minimum atomic E-state index is 0.357. The minimum Gasteiger partial charge on any atom is -0.380 e. The second-order valence-corrected chi connectivity index (χ2v) is 3.50. The van der Waals surface area contributed by atoms with Crippen LogP contribution in [0.3, 0.4) is 0 Å². The predicted molar refractivity (Wildman–Crippen MR) is 46.7 cm³/mol. The van der Waals surface area contributed by atoms with E-state index in [0.717, 1.165) is 12.5 Å². The van der Waals surface area contributed by atoms with Crippen molar-refractivity contribution in [3.05, 3.63) is 0 Å². The smallest absolute Gasteiger partial charge is 0.0667 e. The van der Waals surface area contributed by atoms with E-state index in [0.29, 0.717) is 6.10 Å². The van der Waals surface area contributed by atoms with E-state index in [1.54, 1.807) is 7.11 Å². The Balaban J connectivity index is 1.86. The molecule has 1 atom stereocenters. The molecular formula is C9H19NO. The van der Waals surface area contributed by atoms with Crippen molar-refractivity contribution in [3.8, 4) is 0 Å². The van der Waals surface area contributed by atoms with Gasteiger partial charge < -0.3 is 10.1 Å². The molecule has 1 unspecified atom stereocenters. The fraction of sp³-hybridized carbons (Fsp3) is 1.00. The maximum Gasteiger partial charge on any atom is 0.0667 e. The molecule has 1 rings (SSSR count). The van der Waals surface area contributed by atoms with Crippen molar-refractivity contribution < 1.29 is 4.74 Å². The Labute approximate surface area is 69.3 Å². The average molecular weight is 157 g/mol. The highest BCUT2D eigenvalue weighted by atomic mass is 16.5. The maximum atomic E-state index is 5.12. The fourth-order valence-electron chi connectivity index (χ4n) is 1.27. The number of rotatable bonds is 5. The summed E-state index contributed by atoms with van der Waals surface area (Å²) in [6, 6.07) is 0. The van der Waals surface area contributed by atoms with E-state index in [1.807, 2.05) is 0 Å². The van der Waals surface area contributed by atoms with Crippen LogP contribution in [0.2, 0.25) is 0 Å². The summed E-state index contributed by atoms with van der Waals surface area (Å²) in [5, 5.41) is 3.41. The third-order valence-electron chi connectivity index (χ3n) is 2.49. The number of hydrogen-bond acceptors (Lipinski definition) is 2. The predicted octanol–water partition coefficient (Wildman–Crippen LogP) is 1.41. The molecule has 0 amide bonds. The van der Waals surface area contributed by atoms with Crippen molar-refractivity contribution in [2.24, 2.45) is 5.92 Å². The lowest BCUT2D eigenvalue weighted by atomic mass is 9.85. The highest BCUT2D eigenvalue weighted by Crippen LogP contribution is 2.24. The first-order valence-electron chi connectivity index (χ1n) is 4.56. The van der Waals surface area contributed by atoms with E-state index >= 15 is 0 Å². The molecule has 0 radical (unpaired) electrons. The highest BCUT2D eigenvalue weighted by molar-refractivity contribution is 4.72. The molecule has 0 aromatic rings. The van der Waals surface area contributed by atoms with Crippen LogP contribution in [0.5, 0.6) is 0 Å². The third kappa shape index (κ3) is 3.21. The Morgan fingerprint density at radius 2 is 2.27 bits per heavy atom. The van der Waals surface area contributed by atoms with Crippen LogP contribution in [0.15, 0.2) is 0 Å². The van der Waals surface area contributed by atoms with E-state index in [2.05, 4.69) is 12.2 Å². The molecule has 1 aliphatic rings. The summed E-state index contributed by atoms with van der Waals surface area (Å²) in [6.45, 7) is 4.27. The molecular weight excluding hydrogens is 138 g/mol. The molecule has 1 N–H and O–H groups in total. The molecule has 2 heteroatoms. The molecule has 1 saturated carbocycles. The third-order valence-corrected chi connectivity index (χ3v) is 2.49. The normalized spacial score (nSPS) is 21.3. The number of hydrogen-bond donors (Lipinski definition) is 1. The zero-order valence-electron chi connectivity index (χ0n) is 7.60. The quantitative estimate of drug-likeness (QED) is 0.651. The molecule has 0 spiro atoms. The summed E-state index contributed by atoms with van der Waals surface area (Å²) >= 11 is 0. The molecule has 0 saturated heterocycles. The van der Waals surface area contributed by atoms with Gasteiger partial charge in [-0.2, -0.15) is 0 Å². The summed E-state index contributed by atoms with van der Waals surface area (Å²) in [6.07, 6.45) is 4.64. The van der Waals surface area contributed by atoms with Crippen molar-refractivity contribution in [3.63, 3.8) is 0 Å². The molecule has 1 fully saturated rings. The van der Waals surface area contributed by atoms with Gasteiger partial charge in [0.25, 0.3) is 0 Å². The van der Waals surface area contributed by atoms with E-state index in [4.69, 9.17) is 4.74 Å². The second kappa shape index (κ2) is 4.73. The van der Waals surface area contributed by atoms with E-state index in [-0.39, 0.29) is 0 Å². The second-order valence-electron chi connectivity index (χ2n) is 3.50. The van der Waals surface area contributed by atoms with Crippen molar-refractivity contribution >= 4 is 0 Å². The van der Waals surface area contributed by atoms with Crippen molar-refractivity contribution in [2.45, 2.75) is 32.3 Å². The number of nitrogens with one attached hydrogen (secondary N) is 1. The summed E-state index contributed by atoms with van der Waals surface area (Å²) in [7, 11) is 1.76. The van der Waals surface area contributed by atoms with Gasteiger partial charge in [0.1, 0.15) is 0 Å². The van der Waals surface area contributed by atoms with Gasteiger partial charge in [-0.25, -0.2) is 0 Å². The fourth-order valence-corrected chi connectivity index (χ4v) is 1.27. The van der Waals surface area contributed by atoms with Crippen LogP contribution in [0.4, 0.5) is 0 Å². The first kappa shape index (κ1) is 9.01. The summed E-state index contributed by atoms with van der Waals surface area (Å²) in [5.41, 5.74) is 0. The van der Waals surface area contributed by atoms with E-state index in [9.17, 15) is 0 Å². The molecule has 0 bridgehead atoms. The van der Waals surface area contributed by atoms with Gasteiger partial charge in [0, 0.05) is 13.7 Å². The zero-order chi connectivity index (χ0) is 8.10. The first-order valence-corrected chi connectivity index (χ1v) is 4.56. The van der Waals surface area contributed by atoms with Gasteiger partial charge in [0.05, 0.1) is 6.10 Å². The average Bonchev–Trinajstić information content (AvgIpc) is 1.94. The van der Waals surface area contributed by atoms with Gasteiger partial charge in [-0.15, -0.1) is 0 Å². The standard InChI is InChI=1S/C9H19NO/c1-8(11-2)6-10-7-9-4-3-5-9/h8-10H,3-7H2,1-2H3. The lowest BCUT2D eigenvalue weighted by molar-refractivity contribution is 0.114. The lowest BCUT2D eigenvalue weighted by Crippen LogP contribution is -2.32. The number of ether oxygens (including phenoxy) is 1. The molecule has 0 aromatic heterocycles. The van der Waals surface area contributed by atoms with Gasteiger partial charge in [-0.05, 0) is 32.2 Å². The monoisotopic (exact) mass is 157 g/mol. The van der Waals surface area contributed by atoms with Gasteiger partial charge >= 0.3 is 0 Å². The van der Waals surface area contributed by atoms with E-state index in [1.165, 1.54) is 25.8 Å². The summed E-state index contributed by atoms with van der Waals surface area (Å²) in [5.74, 6) is 0.957.